The molecule has 132 valence electrons. The first-order chi connectivity index (χ1) is 11.7. The van der Waals surface area contributed by atoms with Gasteiger partial charge >= 0.3 is 0 Å². The third kappa shape index (κ3) is 4.41. The van der Waals surface area contributed by atoms with Gasteiger partial charge in [0.2, 0.25) is 5.91 Å². The summed E-state index contributed by atoms with van der Waals surface area (Å²) in [5.74, 6) is 0.148. The van der Waals surface area contributed by atoms with Crippen LogP contribution in [0.5, 0.6) is 0 Å². The van der Waals surface area contributed by atoms with Gasteiger partial charge in [0.25, 0.3) is 0 Å². The van der Waals surface area contributed by atoms with E-state index in [2.05, 4.69) is 34.5 Å². The number of amides is 1. The highest BCUT2D eigenvalue weighted by Gasteiger charge is 2.22. The number of morpholine rings is 1. The molecule has 24 heavy (non-hydrogen) atoms. The highest BCUT2D eigenvalue weighted by Crippen LogP contribution is 2.22. The zero-order valence-electron chi connectivity index (χ0n) is 14.7. The number of carbonyl (C=O) groups is 1. The van der Waals surface area contributed by atoms with Crippen LogP contribution in [0.2, 0.25) is 0 Å². The van der Waals surface area contributed by atoms with Crippen LogP contribution in [0.3, 0.4) is 0 Å². The Bertz CT molecular complexity index is 518. The fourth-order valence-electron chi connectivity index (χ4n) is 3.47. The van der Waals surface area contributed by atoms with Crippen molar-refractivity contribution < 1.29 is 9.53 Å². The van der Waals surface area contributed by atoms with E-state index in [4.69, 9.17) is 4.74 Å². The fraction of sp³-hybridized carbons (Fsp3) is 0.632. The van der Waals surface area contributed by atoms with Gasteiger partial charge in [-0.1, -0.05) is 12.8 Å². The van der Waals surface area contributed by atoms with Gasteiger partial charge in [0, 0.05) is 37.6 Å². The summed E-state index contributed by atoms with van der Waals surface area (Å²) in [5, 5.41) is 3.33. The second-order valence-electron chi connectivity index (χ2n) is 6.75. The van der Waals surface area contributed by atoms with Crippen LogP contribution in [-0.2, 0) is 9.53 Å². The van der Waals surface area contributed by atoms with Crippen molar-refractivity contribution in [3.8, 4) is 0 Å². The quantitative estimate of drug-likeness (QED) is 0.921. The predicted molar refractivity (Wildman–Crippen MR) is 97.6 cm³/mol. The number of carbonyl (C=O) groups excluding carboxylic acids is 1. The standard InChI is InChI=1S/C19H29N3O2/c1-16(19(23)22-12-14-24-15-13-22)20-17-6-8-18(9-7-17)21-10-4-2-3-5-11-21/h6-9,16,20H,2-5,10-15H2,1H3/t16-/m0/s1. The fourth-order valence-corrected chi connectivity index (χ4v) is 3.47. The van der Waals surface area contributed by atoms with E-state index in [9.17, 15) is 4.79 Å². The van der Waals surface area contributed by atoms with E-state index in [0.29, 0.717) is 26.3 Å². The van der Waals surface area contributed by atoms with Gasteiger partial charge in [-0.25, -0.2) is 0 Å². The number of anilines is 2. The summed E-state index contributed by atoms with van der Waals surface area (Å²) in [4.78, 5) is 16.8. The summed E-state index contributed by atoms with van der Waals surface area (Å²) < 4.78 is 5.31. The monoisotopic (exact) mass is 331 g/mol. The molecule has 5 heteroatoms. The number of hydrogen-bond acceptors (Lipinski definition) is 4. The summed E-state index contributed by atoms with van der Waals surface area (Å²) in [6, 6.07) is 8.29. The minimum Gasteiger partial charge on any atom is -0.378 e. The molecule has 1 amide bonds. The molecule has 0 spiro atoms. The highest BCUT2D eigenvalue weighted by atomic mass is 16.5. The molecule has 0 aromatic heterocycles. The van der Waals surface area contributed by atoms with Crippen LogP contribution >= 0.6 is 0 Å². The molecular weight excluding hydrogens is 302 g/mol. The average Bonchev–Trinajstić information content (AvgIpc) is 2.92. The SMILES string of the molecule is C[C@H](Nc1ccc(N2CCCCCC2)cc1)C(=O)N1CCOCC1. The number of nitrogens with zero attached hydrogens (tertiary/aromatic N) is 2. The van der Waals surface area contributed by atoms with Crippen molar-refractivity contribution in [1.82, 2.24) is 4.90 Å². The van der Waals surface area contributed by atoms with Crippen molar-refractivity contribution in [2.75, 3.05) is 49.6 Å². The molecule has 1 aromatic rings. The molecule has 0 aliphatic carbocycles. The molecule has 3 rings (SSSR count). The Morgan fingerprint density at radius 2 is 1.62 bits per heavy atom. The molecule has 1 atom stereocenters. The van der Waals surface area contributed by atoms with E-state index >= 15 is 0 Å². The Labute approximate surface area is 145 Å². The number of ether oxygens (including phenoxy) is 1. The number of hydrogen-bond donors (Lipinski definition) is 1. The number of nitrogens with one attached hydrogen (secondary N) is 1. The van der Waals surface area contributed by atoms with E-state index in [1.807, 2.05) is 11.8 Å². The molecular formula is C19H29N3O2. The lowest BCUT2D eigenvalue weighted by Crippen LogP contribution is -2.46. The third-order valence-electron chi connectivity index (χ3n) is 4.91. The first-order valence-corrected chi connectivity index (χ1v) is 9.22. The zero-order valence-corrected chi connectivity index (χ0v) is 14.7. The lowest BCUT2D eigenvalue weighted by atomic mass is 10.2. The Morgan fingerprint density at radius 3 is 2.25 bits per heavy atom. The van der Waals surface area contributed by atoms with Crippen molar-refractivity contribution in [3.63, 3.8) is 0 Å². The smallest absolute Gasteiger partial charge is 0.244 e. The largest absolute Gasteiger partial charge is 0.378 e. The Hall–Kier alpha value is -1.75. The highest BCUT2D eigenvalue weighted by molar-refractivity contribution is 5.84. The van der Waals surface area contributed by atoms with Crippen LogP contribution in [0.4, 0.5) is 11.4 Å². The minimum atomic E-state index is -0.216. The van der Waals surface area contributed by atoms with Gasteiger partial charge in [-0.15, -0.1) is 0 Å². The Kier molecular flexibility index (Phi) is 5.96. The van der Waals surface area contributed by atoms with Crippen molar-refractivity contribution >= 4 is 17.3 Å². The van der Waals surface area contributed by atoms with Crippen LogP contribution in [-0.4, -0.2) is 56.2 Å². The maximum atomic E-state index is 12.5. The summed E-state index contributed by atoms with van der Waals surface area (Å²) in [6.45, 7) is 6.90. The third-order valence-corrected chi connectivity index (χ3v) is 4.91. The van der Waals surface area contributed by atoms with Gasteiger partial charge in [-0.2, -0.15) is 0 Å². The molecule has 5 nitrogen and oxygen atoms in total. The Morgan fingerprint density at radius 1 is 1.00 bits per heavy atom. The normalized spacial score (nSPS) is 20.4. The summed E-state index contributed by atoms with van der Waals surface area (Å²) in [6.07, 6.45) is 5.25. The minimum absolute atomic E-state index is 0.148. The summed E-state index contributed by atoms with van der Waals surface area (Å²) in [7, 11) is 0. The van der Waals surface area contributed by atoms with Crippen LogP contribution < -0.4 is 10.2 Å². The van der Waals surface area contributed by atoms with E-state index in [-0.39, 0.29) is 11.9 Å². The molecule has 1 aromatic carbocycles. The first kappa shape index (κ1) is 17.1. The van der Waals surface area contributed by atoms with Gasteiger partial charge in [0.15, 0.2) is 0 Å². The van der Waals surface area contributed by atoms with Gasteiger partial charge < -0.3 is 19.9 Å². The van der Waals surface area contributed by atoms with Gasteiger partial charge in [-0.05, 0) is 44.0 Å². The molecule has 0 saturated carbocycles. The summed E-state index contributed by atoms with van der Waals surface area (Å²) >= 11 is 0. The van der Waals surface area contributed by atoms with E-state index in [0.717, 1.165) is 18.8 Å². The van der Waals surface area contributed by atoms with E-state index in [1.165, 1.54) is 31.4 Å². The molecule has 0 radical (unpaired) electrons. The number of benzene rings is 1. The van der Waals surface area contributed by atoms with Gasteiger partial charge in [-0.3, -0.25) is 4.79 Å². The van der Waals surface area contributed by atoms with Gasteiger partial charge in [0.1, 0.15) is 6.04 Å². The maximum Gasteiger partial charge on any atom is 0.244 e. The van der Waals surface area contributed by atoms with Crippen LogP contribution in [0.15, 0.2) is 24.3 Å². The van der Waals surface area contributed by atoms with Crippen LogP contribution in [0, 0.1) is 0 Å². The lowest BCUT2D eigenvalue weighted by molar-refractivity contribution is -0.135. The van der Waals surface area contributed by atoms with Crippen molar-refractivity contribution in [2.45, 2.75) is 38.6 Å². The van der Waals surface area contributed by atoms with Crippen molar-refractivity contribution in [3.05, 3.63) is 24.3 Å². The molecule has 0 unspecified atom stereocenters. The second-order valence-corrected chi connectivity index (χ2v) is 6.75. The van der Waals surface area contributed by atoms with Gasteiger partial charge in [0.05, 0.1) is 13.2 Å². The molecule has 2 aliphatic rings. The van der Waals surface area contributed by atoms with E-state index < -0.39 is 0 Å². The number of rotatable bonds is 4. The Balaban J connectivity index is 1.55. The van der Waals surface area contributed by atoms with Crippen molar-refractivity contribution in [1.29, 1.82) is 0 Å². The molecule has 1 N–H and O–H groups in total. The maximum absolute atomic E-state index is 12.5. The van der Waals surface area contributed by atoms with Crippen LogP contribution in [0.25, 0.3) is 0 Å². The molecule has 2 heterocycles. The predicted octanol–water partition coefficient (Wildman–Crippen LogP) is 2.73. The molecule has 2 aliphatic heterocycles. The molecule has 2 saturated heterocycles. The lowest BCUT2D eigenvalue weighted by Gasteiger charge is -2.30. The van der Waals surface area contributed by atoms with Crippen LogP contribution in [0.1, 0.15) is 32.6 Å². The topological polar surface area (TPSA) is 44.8 Å². The second kappa shape index (κ2) is 8.38. The average molecular weight is 331 g/mol. The molecule has 2 fully saturated rings. The van der Waals surface area contributed by atoms with Crippen molar-refractivity contribution in [2.24, 2.45) is 0 Å². The summed E-state index contributed by atoms with van der Waals surface area (Å²) in [5.41, 5.74) is 2.29. The van der Waals surface area contributed by atoms with E-state index in [1.54, 1.807) is 0 Å². The molecule has 0 bridgehead atoms. The zero-order chi connectivity index (χ0) is 16.8. The first-order valence-electron chi connectivity index (χ1n) is 9.22.